The van der Waals surface area contributed by atoms with Gasteiger partial charge in [0.15, 0.2) is 6.61 Å². The summed E-state index contributed by atoms with van der Waals surface area (Å²) in [5.41, 5.74) is -0.948. The van der Waals surface area contributed by atoms with E-state index in [4.69, 9.17) is 9.47 Å². The number of benzene rings is 1. The molecule has 0 saturated carbocycles. The van der Waals surface area contributed by atoms with E-state index in [1.54, 1.807) is 6.92 Å². The van der Waals surface area contributed by atoms with Crippen LogP contribution in [0.5, 0.6) is 0 Å². The molecule has 0 atom stereocenters. The maximum Gasteiger partial charge on any atom is 0.416 e. The Morgan fingerprint density at radius 3 is 2.19 bits per heavy atom. The molecule has 0 aliphatic carbocycles. The first-order chi connectivity index (χ1) is 12.7. The number of hydrogen-bond donors (Lipinski definition) is 0. The number of piperidine rings is 1. The van der Waals surface area contributed by atoms with Crippen molar-refractivity contribution in [2.75, 3.05) is 26.3 Å². The number of likely N-dealkylation sites (tertiary alicyclic amines) is 1. The fourth-order valence-corrected chi connectivity index (χ4v) is 2.72. The topological polar surface area (TPSA) is 72.9 Å². The summed E-state index contributed by atoms with van der Waals surface area (Å²) < 4.78 is 47.3. The number of esters is 2. The number of halogens is 3. The van der Waals surface area contributed by atoms with Crippen molar-refractivity contribution in [3.8, 4) is 0 Å². The van der Waals surface area contributed by atoms with Crippen LogP contribution >= 0.6 is 0 Å². The second-order valence-electron chi connectivity index (χ2n) is 6.06. The minimum absolute atomic E-state index is 0.0724. The van der Waals surface area contributed by atoms with Crippen molar-refractivity contribution >= 4 is 17.8 Å². The van der Waals surface area contributed by atoms with Crippen molar-refractivity contribution in [2.24, 2.45) is 5.92 Å². The molecule has 0 unspecified atom stereocenters. The summed E-state index contributed by atoms with van der Waals surface area (Å²) in [6, 6.07) is 3.55. The highest BCUT2D eigenvalue weighted by Crippen LogP contribution is 2.29. The molecule has 1 saturated heterocycles. The maximum atomic E-state index is 12.5. The molecule has 1 fully saturated rings. The van der Waals surface area contributed by atoms with Crippen LogP contribution in [-0.4, -0.2) is 49.0 Å². The van der Waals surface area contributed by atoms with E-state index in [-0.39, 0.29) is 17.5 Å². The van der Waals surface area contributed by atoms with Crippen LogP contribution in [0.25, 0.3) is 0 Å². The van der Waals surface area contributed by atoms with E-state index in [0.717, 1.165) is 24.3 Å². The Labute approximate surface area is 154 Å². The number of carbonyl (C=O) groups is 3. The molecule has 0 spiro atoms. The Balaban J connectivity index is 1.80. The van der Waals surface area contributed by atoms with Gasteiger partial charge in [-0.25, -0.2) is 4.79 Å². The number of amides is 1. The van der Waals surface area contributed by atoms with Crippen molar-refractivity contribution in [2.45, 2.75) is 25.9 Å². The van der Waals surface area contributed by atoms with Gasteiger partial charge in [0, 0.05) is 13.1 Å². The van der Waals surface area contributed by atoms with Crippen molar-refractivity contribution in [3.05, 3.63) is 35.4 Å². The second kappa shape index (κ2) is 8.88. The van der Waals surface area contributed by atoms with Crippen molar-refractivity contribution in [3.63, 3.8) is 0 Å². The molecule has 1 aliphatic heterocycles. The van der Waals surface area contributed by atoms with Crippen molar-refractivity contribution in [1.29, 1.82) is 0 Å². The first kappa shape index (κ1) is 20.7. The Bertz CT molecular complexity index is 679. The maximum absolute atomic E-state index is 12.5. The molecule has 0 N–H and O–H groups in total. The first-order valence-corrected chi connectivity index (χ1v) is 8.51. The summed E-state index contributed by atoms with van der Waals surface area (Å²) in [6.07, 6.45) is -3.55. The number of nitrogens with zero attached hydrogens (tertiary/aromatic N) is 1. The third-order valence-corrected chi connectivity index (χ3v) is 4.24. The summed E-state index contributed by atoms with van der Waals surface area (Å²) in [5.74, 6) is -1.82. The van der Waals surface area contributed by atoms with E-state index in [2.05, 4.69) is 0 Å². The van der Waals surface area contributed by atoms with Gasteiger partial charge in [-0.1, -0.05) is 0 Å². The van der Waals surface area contributed by atoms with Gasteiger partial charge in [0.25, 0.3) is 5.91 Å². The largest absolute Gasteiger partial charge is 0.466 e. The number of hydrogen-bond acceptors (Lipinski definition) is 5. The molecule has 1 aliphatic rings. The third-order valence-electron chi connectivity index (χ3n) is 4.24. The monoisotopic (exact) mass is 387 g/mol. The van der Waals surface area contributed by atoms with Crippen LogP contribution in [0.4, 0.5) is 13.2 Å². The fourth-order valence-electron chi connectivity index (χ4n) is 2.72. The zero-order chi connectivity index (χ0) is 20.0. The molecule has 1 amide bonds. The van der Waals surface area contributed by atoms with Crippen LogP contribution in [0.2, 0.25) is 0 Å². The molecule has 1 heterocycles. The van der Waals surface area contributed by atoms with Gasteiger partial charge >= 0.3 is 18.1 Å². The Kier molecular flexibility index (Phi) is 6.81. The van der Waals surface area contributed by atoms with Crippen LogP contribution in [0, 0.1) is 5.92 Å². The Hall–Kier alpha value is -2.58. The average Bonchev–Trinajstić information content (AvgIpc) is 2.65. The molecule has 0 radical (unpaired) electrons. The lowest BCUT2D eigenvalue weighted by molar-refractivity contribution is -0.151. The van der Waals surface area contributed by atoms with Crippen LogP contribution in [-0.2, 0) is 25.2 Å². The molecule has 148 valence electrons. The van der Waals surface area contributed by atoms with Crippen LogP contribution in [0.3, 0.4) is 0 Å². The number of alkyl halides is 3. The quantitative estimate of drug-likeness (QED) is 0.727. The molecule has 1 aromatic rings. The van der Waals surface area contributed by atoms with Crippen LogP contribution in [0.1, 0.15) is 35.7 Å². The van der Waals surface area contributed by atoms with Gasteiger partial charge < -0.3 is 14.4 Å². The lowest BCUT2D eigenvalue weighted by atomic mass is 9.97. The lowest BCUT2D eigenvalue weighted by Gasteiger charge is -2.30. The molecule has 1 aromatic carbocycles. The van der Waals surface area contributed by atoms with Gasteiger partial charge in [0.2, 0.25) is 0 Å². The van der Waals surface area contributed by atoms with E-state index >= 15 is 0 Å². The van der Waals surface area contributed by atoms with E-state index < -0.39 is 30.2 Å². The molecule has 9 heteroatoms. The molecule has 0 aromatic heterocycles. The van der Waals surface area contributed by atoms with Crippen molar-refractivity contribution in [1.82, 2.24) is 4.90 Å². The first-order valence-electron chi connectivity index (χ1n) is 8.51. The third kappa shape index (κ3) is 5.70. The normalized spacial score (nSPS) is 15.3. The van der Waals surface area contributed by atoms with Gasteiger partial charge in [-0.15, -0.1) is 0 Å². The van der Waals surface area contributed by atoms with E-state index in [1.165, 1.54) is 4.90 Å². The number of rotatable bonds is 5. The molecular formula is C18H20F3NO5. The minimum Gasteiger partial charge on any atom is -0.466 e. The molecule has 2 rings (SSSR count). The molecule has 6 nitrogen and oxygen atoms in total. The highest BCUT2D eigenvalue weighted by atomic mass is 19.4. The van der Waals surface area contributed by atoms with E-state index in [9.17, 15) is 27.6 Å². The van der Waals surface area contributed by atoms with Crippen LogP contribution in [0.15, 0.2) is 24.3 Å². The highest BCUT2D eigenvalue weighted by Gasteiger charge is 2.31. The summed E-state index contributed by atoms with van der Waals surface area (Å²) in [6.45, 7) is 2.21. The summed E-state index contributed by atoms with van der Waals surface area (Å²) in [5, 5.41) is 0. The standard InChI is InChI=1S/C18H20F3NO5/c1-2-26-16(24)13-7-9-22(10-8-13)15(23)11-27-17(25)12-3-5-14(6-4-12)18(19,20)21/h3-6,13H,2,7-11H2,1H3. The van der Waals surface area contributed by atoms with E-state index in [1.807, 2.05) is 0 Å². The Morgan fingerprint density at radius 2 is 1.67 bits per heavy atom. The molecule has 0 bridgehead atoms. The molecule has 27 heavy (non-hydrogen) atoms. The Morgan fingerprint density at radius 1 is 1.07 bits per heavy atom. The zero-order valence-electron chi connectivity index (χ0n) is 14.8. The van der Waals surface area contributed by atoms with Gasteiger partial charge in [0.05, 0.1) is 23.7 Å². The van der Waals surface area contributed by atoms with Gasteiger partial charge in [0.1, 0.15) is 0 Å². The summed E-state index contributed by atoms with van der Waals surface area (Å²) in [7, 11) is 0. The molecular weight excluding hydrogens is 367 g/mol. The predicted molar refractivity (Wildman–Crippen MR) is 87.7 cm³/mol. The SMILES string of the molecule is CCOC(=O)C1CCN(C(=O)COC(=O)c2ccc(C(F)(F)F)cc2)CC1. The van der Waals surface area contributed by atoms with Crippen LogP contribution < -0.4 is 0 Å². The summed E-state index contributed by atoms with van der Waals surface area (Å²) in [4.78, 5) is 37.1. The number of ether oxygens (including phenoxy) is 2. The average molecular weight is 387 g/mol. The predicted octanol–water partition coefficient (Wildman–Crippen LogP) is 2.66. The lowest BCUT2D eigenvalue weighted by Crippen LogP contribution is -2.42. The minimum atomic E-state index is -4.49. The van der Waals surface area contributed by atoms with E-state index in [0.29, 0.717) is 32.5 Å². The van der Waals surface area contributed by atoms with Gasteiger partial charge in [-0.3, -0.25) is 9.59 Å². The van der Waals surface area contributed by atoms with Gasteiger partial charge in [-0.05, 0) is 44.0 Å². The smallest absolute Gasteiger partial charge is 0.416 e. The highest BCUT2D eigenvalue weighted by molar-refractivity contribution is 5.91. The second-order valence-corrected chi connectivity index (χ2v) is 6.06. The number of carbonyl (C=O) groups excluding carboxylic acids is 3. The van der Waals surface area contributed by atoms with Crippen molar-refractivity contribution < 1.29 is 37.0 Å². The zero-order valence-corrected chi connectivity index (χ0v) is 14.8. The summed E-state index contributed by atoms with van der Waals surface area (Å²) >= 11 is 0. The van der Waals surface area contributed by atoms with Gasteiger partial charge in [-0.2, -0.15) is 13.2 Å². The fraction of sp³-hybridized carbons (Fsp3) is 0.500.